The lowest BCUT2D eigenvalue weighted by Crippen LogP contribution is -1.98. The highest BCUT2D eigenvalue weighted by molar-refractivity contribution is 5.72. The van der Waals surface area contributed by atoms with Crippen LogP contribution in [0.1, 0.15) is 5.56 Å². The molecule has 0 radical (unpaired) electrons. The van der Waals surface area contributed by atoms with E-state index in [9.17, 15) is 0 Å². The summed E-state index contributed by atoms with van der Waals surface area (Å²) in [5, 5.41) is 3.24. The van der Waals surface area contributed by atoms with Gasteiger partial charge in [0.05, 0.1) is 24.7 Å². The summed E-state index contributed by atoms with van der Waals surface area (Å²) in [6.45, 7) is 2.04. The van der Waals surface area contributed by atoms with E-state index < -0.39 is 0 Å². The van der Waals surface area contributed by atoms with Gasteiger partial charge in [-0.3, -0.25) is 0 Å². The van der Waals surface area contributed by atoms with Gasteiger partial charge in [0.2, 0.25) is 5.88 Å². The average Bonchev–Trinajstić information content (AvgIpc) is 2.32. The number of anilines is 3. The second kappa shape index (κ2) is 4.74. The largest absolute Gasteiger partial charge is 0.481 e. The third-order valence-corrected chi connectivity index (χ3v) is 2.42. The van der Waals surface area contributed by atoms with Crippen LogP contribution in [0.3, 0.4) is 0 Å². The van der Waals surface area contributed by atoms with E-state index in [2.05, 4.69) is 10.3 Å². The Morgan fingerprint density at radius 2 is 2.12 bits per heavy atom. The number of benzene rings is 1. The minimum absolute atomic E-state index is 0.536. The molecule has 4 heteroatoms. The van der Waals surface area contributed by atoms with E-state index in [1.54, 1.807) is 19.4 Å². The molecule has 0 unspecified atom stereocenters. The first-order valence-electron chi connectivity index (χ1n) is 5.32. The van der Waals surface area contributed by atoms with E-state index in [1.165, 1.54) is 5.56 Å². The maximum absolute atomic E-state index is 5.85. The average molecular weight is 229 g/mol. The van der Waals surface area contributed by atoms with Crippen LogP contribution in [0.2, 0.25) is 0 Å². The van der Waals surface area contributed by atoms with Gasteiger partial charge in [-0.2, -0.15) is 0 Å². The first-order chi connectivity index (χ1) is 8.19. The molecular formula is C13H15N3O. The number of aryl methyl sites for hydroxylation is 1. The molecule has 1 aromatic heterocycles. The molecule has 2 aromatic rings. The number of hydrogen-bond donors (Lipinski definition) is 2. The van der Waals surface area contributed by atoms with Crippen LogP contribution in [-0.2, 0) is 0 Å². The first kappa shape index (κ1) is 11.3. The van der Waals surface area contributed by atoms with Gasteiger partial charge >= 0.3 is 0 Å². The van der Waals surface area contributed by atoms with Gasteiger partial charge in [-0.05, 0) is 24.6 Å². The SMILES string of the molecule is COc1cc(Nc2cccc(C)c2)c(N)cn1. The zero-order valence-electron chi connectivity index (χ0n) is 9.90. The number of nitrogens with zero attached hydrogens (tertiary/aromatic N) is 1. The molecule has 0 aliphatic carbocycles. The molecule has 17 heavy (non-hydrogen) atoms. The van der Waals surface area contributed by atoms with E-state index in [4.69, 9.17) is 10.5 Å². The summed E-state index contributed by atoms with van der Waals surface area (Å²) in [7, 11) is 1.58. The number of methoxy groups -OCH3 is 1. The quantitative estimate of drug-likeness (QED) is 0.849. The number of ether oxygens (including phenoxy) is 1. The highest BCUT2D eigenvalue weighted by atomic mass is 16.5. The zero-order valence-corrected chi connectivity index (χ0v) is 9.90. The predicted octanol–water partition coefficient (Wildman–Crippen LogP) is 2.72. The maximum Gasteiger partial charge on any atom is 0.215 e. The van der Waals surface area contributed by atoms with Crippen LogP contribution in [0.15, 0.2) is 36.5 Å². The molecule has 1 heterocycles. The molecule has 0 spiro atoms. The first-order valence-corrected chi connectivity index (χ1v) is 5.32. The summed E-state index contributed by atoms with van der Waals surface area (Å²) in [5.41, 5.74) is 9.41. The minimum atomic E-state index is 0.536. The van der Waals surface area contributed by atoms with Gasteiger partial charge in [-0.1, -0.05) is 12.1 Å². The lowest BCUT2D eigenvalue weighted by Gasteiger charge is -2.10. The lowest BCUT2D eigenvalue weighted by atomic mass is 10.2. The standard InChI is InChI=1S/C13H15N3O/c1-9-4-3-5-10(6-9)16-12-7-13(17-2)15-8-11(12)14/h3-8H,14H2,1-2H3,(H,15,16). The third-order valence-electron chi connectivity index (χ3n) is 2.42. The number of pyridine rings is 1. The van der Waals surface area contributed by atoms with Crippen molar-refractivity contribution in [1.82, 2.24) is 4.98 Å². The van der Waals surface area contributed by atoms with Gasteiger partial charge in [-0.25, -0.2) is 4.98 Å². The fourth-order valence-electron chi connectivity index (χ4n) is 1.54. The van der Waals surface area contributed by atoms with Gasteiger partial charge in [0.1, 0.15) is 0 Å². The van der Waals surface area contributed by atoms with Crippen molar-refractivity contribution in [3.05, 3.63) is 42.1 Å². The Hall–Kier alpha value is -2.23. The fourth-order valence-corrected chi connectivity index (χ4v) is 1.54. The molecule has 0 saturated heterocycles. The molecule has 1 aromatic carbocycles. The number of aromatic nitrogens is 1. The van der Waals surface area contributed by atoms with Gasteiger partial charge in [0.25, 0.3) is 0 Å². The van der Waals surface area contributed by atoms with Gasteiger partial charge in [0.15, 0.2) is 0 Å². The predicted molar refractivity (Wildman–Crippen MR) is 69.7 cm³/mol. The molecule has 0 bridgehead atoms. The second-order valence-electron chi connectivity index (χ2n) is 3.81. The summed E-state index contributed by atoms with van der Waals surface area (Å²) in [6.07, 6.45) is 1.58. The van der Waals surface area contributed by atoms with Crippen LogP contribution < -0.4 is 15.8 Å². The van der Waals surface area contributed by atoms with Crippen molar-refractivity contribution in [1.29, 1.82) is 0 Å². The molecule has 2 rings (SSSR count). The Balaban J connectivity index is 2.29. The Morgan fingerprint density at radius 3 is 2.82 bits per heavy atom. The highest BCUT2D eigenvalue weighted by Crippen LogP contribution is 2.25. The minimum Gasteiger partial charge on any atom is -0.481 e. The molecule has 88 valence electrons. The molecule has 4 nitrogen and oxygen atoms in total. The normalized spacial score (nSPS) is 10.0. The van der Waals surface area contributed by atoms with Gasteiger partial charge in [-0.15, -0.1) is 0 Å². The van der Waals surface area contributed by atoms with Crippen LogP contribution in [0, 0.1) is 6.92 Å². The Kier molecular flexibility index (Phi) is 3.14. The van der Waals surface area contributed by atoms with Crippen molar-refractivity contribution >= 4 is 17.1 Å². The van der Waals surface area contributed by atoms with Gasteiger partial charge < -0.3 is 15.8 Å². The summed E-state index contributed by atoms with van der Waals surface area (Å²) >= 11 is 0. The van der Waals surface area contributed by atoms with E-state index in [0.717, 1.165) is 11.4 Å². The van der Waals surface area contributed by atoms with Crippen molar-refractivity contribution in [2.24, 2.45) is 0 Å². The molecule has 0 aliphatic heterocycles. The number of hydrogen-bond acceptors (Lipinski definition) is 4. The van der Waals surface area contributed by atoms with Crippen molar-refractivity contribution in [3.8, 4) is 5.88 Å². The topological polar surface area (TPSA) is 60.2 Å². The monoisotopic (exact) mass is 229 g/mol. The maximum atomic E-state index is 5.85. The molecule has 0 atom stereocenters. The van der Waals surface area contributed by atoms with E-state index in [0.29, 0.717) is 11.6 Å². The van der Waals surface area contributed by atoms with Crippen LogP contribution >= 0.6 is 0 Å². The van der Waals surface area contributed by atoms with Crippen molar-refractivity contribution < 1.29 is 4.74 Å². The Morgan fingerprint density at radius 1 is 1.29 bits per heavy atom. The number of nitrogens with one attached hydrogen (secondary N) is 1. The summed E-state index contributed by atoms with van der Waals surface area (Å²) in [6, 6.07) is 9.84. The van der Waals surface area contributed by atoms with E-state index >= 15 is 0 Å². The Labute approximate surface area is 100 Å². The highest BCUT2D eigenvalue weighted by Gasteiger charge is 2.03. The van der Waals surface area contributed by atoms with Crippen LogP contribution in [0.5, 0.6) is 5.88 Å². The summed E-state index contributed by atoms with van der Waals surface area (Å²) in [4.78, 5) is 4.03. The zero-order chi connectivity index (χ0) is 12.3. The molecule has 0 aliphatic rings. The van der Waals surface area contributed by atoms with Crippen LogP contribution in [0.25, 0.3) is 0 Å². The van der Waals surface area contributed by atoms with Crippen LogP contribution in [0.4, 0.5) is 17.1 Å². The number of rotatable bonds is 3. The van der Waals surface area contributed by atoms with Crippen molar-refractivity contribution in [3.63, 3.8) is 0 Å². The molecule has 0 amide bonds. The third kappa shape index (κ3) is 2.66. The van der Waals surface area contributed by atoms with E-state index in [1.807, 2.05) is 31.2 Å². The number of nitrogen functional groups attached to an aromatic ring is 1. The summed E-state index contributed by atoms with van der Waals surface area (Å²) < 4.78 is 5.06. The molecule has 0 fully saturated rings. The molecule has 3 N–H and O–H groups in total. The Bertz CT molecular complexity index is 526. The van der Waals surface area contributed by atoms with Crippen molar-refractivity contribution in [2.45, 2.75) is 6.92 Å². The molecular weight excluding hydrogens is 214 g/mol. The van der Waals surface area contributed by atoms with Crippen LogP contribution in [-0.4, -0.2) is 12.1 Å². The number of nitrogens with two attached hydrogens (primary N) is 1. The van der Waals surface area contributed by atoms with Gasteiger partial charge in [0, 0.05) is 11.8 Å². The smallest absolute Gasteiger partial charge is 0.215 e. The van der Waals surface area contributed by atoms with E-state index in [-0.39, 0.29) is 0 Å². The second-order valence-corrected chi connectivity index (χ2v) is 3.81. The lowest BCUT2D eigenvalue weighted by molar-refractivity contribution is 0.398. The fraction of sp³-hybridized carbons (Fsp3) is 0.154. The van der Waals surface area contributed by atoms with Crippen molar-refractivity contribution in [2.75, 3.05) is 18.2 Å². The summed E-state index contributed by atoms with van der Waals surface area (Å²) in [5.74, 6) is 0.536. The molecule has 0 saturated carbocycles.